The van der Waals surface area contributed by atoms with E-state index in [2.05, 4.69) is 24.8 Å². The van der Waals surface area contributed by atoms with Gasteiger partial charge < -0.3 is 19.5 Å². The molecule has 2 aliphatic heterocycles. The van der Waals surface area contributed by atoms with Gasteiger partial charge in [0.25, 0.3) is 0 Å². The third-order valence-electron chi connectivity index (χ3n) is 8.80. The van der Waals surface area contributed by atoms with Gasteiger partial charge in [0.2, 0.25) is 0 Å². The summed E-state index contributed by atoms with van der Waals surface area (Å²) in [6.07, 6.45) is 2.64. The lowest BCUT2D eigenvalue weighted by molar-refractivity contribution is -0.160. The Morgan fingerprint density at radius 2 is 1.80 bits per heavy atom. The molecule has 0 spiro atoms. The van der Waals surface area contributed by atoms with Gasteiger partial charge in [0.15, 0.2) is 17.7 Å². The lowest BCUT2D eigenvalue weighted by Crippen LogP contribution is -2.39. The zero-order valence-electron chi connectivity index (χ0n) is 26.9. The second kappa shape index (κ2) is 12.1. The lowest BCUT2D eigenvalue weighted by atomic mass is 9.81. The van der Waals surface area contributed by atoms with Gasteiger partial charge in [-0.3, -0.25) is 4.98 Å². The molecule has 0 radical (unpaired) electrons. The number of hydrogen-bond donors (Lipinski definition) is 1. The van der Waals surface area contributed by atoms with Gasteiger partial charge >= 0.3 is 5.97 Å². The third-order valence-corrected chi connectivity index (χ3v) is 8.80. The number of ether oxygens (including phenoxy) is 2. The molecule has 3 heterocycles. The van der Waals surface area contributed by atoms with Crippen LogP contribution in [0, 0.1) is 30.9 Å². The van der Waals surface area contributed by atoms with E-state index in [1.54, 1.807) is 6.07 Å². The number of benzene rings is 2. The number of carboxylic acid groups (broad SMARTS) is 1. The molecule has 2 aromatic carbocycles. The maximum absolute atomic E-state index is 13.8. The van der Waals surface area contributed by atoms with Crippen molar-refractivity contribution in [3.8, 4) is 16.9 Å². The van der Waals surface area contributed by atoms with Crippen LogP contribution in [0.4, 0.5) is 14.5 Å². The standard InChI is InChI=1S/C36H44F2N2O4/c1-21-30(25-10-13-29-24(20-25)9-11-26(43-29)18-23-8-12-27(37)28(38)19-23)32(40-16-14-36(6,7)15-17-40)31(22(2)39-21)33(34(41)42)44-35(3,4)5/h8,10,12-13,19-20,26,33H,9,11,14-18H2,1-7H3,(H,41,42)/t26-,33-/m0/s1. The molecule has 6 nitrogen and oxygen atoms in total. The van der Waals surface area contributed by atoms with E-state index < -0.39 is 29.3 Å². The van der Waals surface area contributed by atoms with Crippen molar-refractivity contribution in [1.82, 2.24) is 4.98 Å². The Labute approximate surface area is 259 Å². The topological polar surface area (TPSA) is 71.9 Å². The zero-order chi connectivity index (χ0) is 32.0. The van der Waals surface area contributed by atoms with Crippen LogP contribution in [0.5, 0.6) is 5.75 Å². The molecule has 1 saturated heterocycles. The molecule has 0 amide bonds. The van der Waals surface area contributed by atoms with Crippen LogP contribution in [-0.4, -0.2) is 40.9 Å². The summed E-state index contributed by atoms with van der Waals surface area (Å²) >= 11 is 0. The van der Waals surface area contributed by atoms with E-state index in [4.69, 9.17) is 14.5 Å². The van der Waals surface area contributed by atoms with Crippen molar-refractivity contribution < 1.29 is 28.2 Å². The summed E-state index contributed by atoms with van der Waals surface area (Å²) in [5.74, 6) is -1.97. The number of pyridine rings is 1. The first-order chi connectivity index (χ1) is 20.6. The minimum Gasteiger partial charge on any atom is -0.490 e. The summed E-state index contributed by atoms with van der Waals surface area (Å²) in [4.78, 5) is 20.0. The lowest BCUT2D eigenvalue weighted by Gasteiger charge is -2.41. The molecule has 5 rings (SSSR count). The monoisotopic (exact) mass is 606 g/mol. The highest BCUT2D eigenvalue weighted by Crippen LogP contribution is 2.46. The average molecular weight is 607 g/mol. The number of hydrogen-bond acceptors (Lipinski definition) is 5. The van der Waals surface area contributed by atoms with Crippen LogP contribution in [0.25, 0.3) is 11.1 Å². The molecule has 3 aromatic rings. The van der Waals surface area contributed by atoms with Crippen LogP contribution >= 0.6 is 0 Å². The number of rotatable bonds is 7. The zero-order valence-corrected chi connectivity index (χ0v) is 26.9. The molecular weight excluding hydrogens is 562 g/mol. The molecule has 236 valence electrons. The van der Waals surface area contributed by atoms with Crippen molar-refractivity contribution >= 4 is 11.7 Å². The van der Waals surface area contributed by atoms with Crippen LogP contribution in [0.2, 0.25) is 0 Å². The van der Waals surface area contributed by atoms with E-state index in [1.165, 1.54) is 6.07 Å². The minimum absolute atomic E-state index is 0.147. The fourth-order valence-electron chi connectivity index (χ4n) is 6.43. The highest BCUT2D eigenvalue weighted by atomic mass is 19.2. The van der Waals surface area contributed by atoms with E-state index in [0.29, 0.717) is 23.2 Å². The predicted molar refractivity (Wildman–Crippen MR) is 168 cm³/mol. The van der Waals surface area contributed by atoms with Crippen LogP contribution in [0.15, 0.2) is 36.4 Å². The molecular formula is C36H44F2N2O4. The molecule has 0 aliphatic carbocycles. The number of carbonyl (C=O) groups is 1. The fraction of sp³-hybridized carbons (Fsp3) is 0.500. The molecule has 2 aliphatic rings. The quantitative estimate of drug-likeness (QED) is 0.293. The molecule has 0 unspecified atom stereocenters. The van der Waals surface area contributed by atoms with Crippen LogP contribution in [0.3, 0.4) is 0 Å². The SMILES string of the molecule is Cc1nc(C)c([C@H](OC(C)(C)C)C(=O)O)c(N2CCC(C)(C)CC2)c1-c1ccc2c(c1)CC[C@@H](Cc1ccc(F)c(F)c1)O2. The summed E-state index contributed by atoms with van der Waals surface area (Å²) in [6, 6.07) is 10.1. The second-order valence-corrected chi connectivity index (χ2v) is 14.1. The Morgan fingerprint density at radius 3 is 2.43 bits per heavy atom. The highest BCUT2D eigenvalue weighted by molar-refractivity contribution is 5.88. The van der Waals surface area contributed by atoms with E-state index in [9.17, 15) is 18.7 Å². The van der Waals surface area contributed by atoms with E-state index in [0.717, 1.165) is 78.7 Å². The number of fused-ring (bicyclic) bond motifs is 1. The number of aliphatic carboxylic acids is 1. The summed E-state index contributed by atoms with van der Waals surface area (Å²) in [7, 11) is 0. The number of carboxylic acids is 1. The first-order valence-corrected chi connectivity index (χ1v) is 15.5. The van der Waals surface area contributed by atoms with Gasteiger partial charge in [-0.15, -0.1) is 0 Å². The maximum atomic E-state index is 13.8. The summed E-state index contributed by atoms with van der Waals surface area (Å²) in [6.45, 7) is 15.6. The average Bonchev–Trinajstić information content (AvgIpc) is 2.93. The van der Waals surface area contributed by atoms with Gasteiger partial charge in [-0.05, 0) is 107 Å². The summed E-state index contributed by atoms with van der Waals surface area (Å²) in [5, 5.41) is 10.4. The molecule has 1 fully saturated rings. The smallest absolute Gasteiger partial charge is 0.337 e. The Hall–Kier alpha value is -3.52. The Balaban J connectivity index is 1.56. The van der Waals surface area contributed by atoms with Gasteiger partial charge in [0.05, 0.1) is 11.3 Å². The molecule has 0 bridgehead atoms. The highest BCUT2D eigenvalue weighted by Gasteiger charge is 2.36. The molecule has 44 heavy (non-hydrogen) atoms. The molecule has 1 N–H and O–H groups in total. The molecule has 0 saturated carbocycles. The van der Waals surface area contributed by atoms with Crippen LogP contribution < -0.4 is 9.64 Å². The normalized spacial score (nSPS) is 18.8. The fourth-order valence-corrected chi connectivity index (χ4v) is 6.43. The maximum Gasteiger partial charge on any atom is 0.337 e. The van der Waals surface area contributed by atoms with Crippen LogP contribution in [-0.2, 0) is 22.4 Å². The number of halogens is 2. The van der Waals surface area contributed by atoms with E-state index >= 15 is 0 Å². The number of aryl methyl sites for hydroxylation is 3. The van der Waals surface area contributed by atoms with E-state index in [1.807, 2.05) is 46.8 Å². The number of piperidine rings is 1. The van der Waals surface area contributed by atoms with Gasteiger partial charge in [-0.2, -0.15) is 0 Å². The van der Waals surface area contributed by atoms with Crippen LogP contribution in [0.1, 0.15) is 88.1 Å². The van der Waals surface area contributed by atoms with Crippen molar-refractivity contribution in [2.45, 2.75) is 98.4 Å². The largest absolute Gasteiger partial charge is 0.490 e. The first kappa shape index (κ1) is 31.9. The number of aromatic nitrogens is 1. The summed E-state index contributed by atoms with van der Waals surface area (Å²) < 4.78 is 39.7. The van der Waals surface area contributed by atoms with Crippen molar-refractivity contribution in [3.05, 3.63) is 76.1 Å². The van der Waals surface area contributed by atoms with E-state index in [-0.39, 0.29) is 11.5 Å². The third kappa shape index (κ3) is 6.90. The Kier molecular flexibility index (Phi) is 8.78. The first-order valence-electron chi connectivity index (χ1n) is 15.5. The van der Waals surface area contributed by atoms with Crippen molar-refractivity contribution in [2.75, 3.05) is 18.0 Å². The van der Waals surface area contributed by atoms with Crippen molar-refractivity contribution in [2.24, 2.45) is 5.41 Å². The van der Waals surface area contributed by atoms with Crippen molar-refractivity contribution in [1.29, 1.82) is 0 Å². The van der Waals surface area contributed by atoms with Gasteiger partial charge in [-0.1, -0.05) is 26.0 Å². The molecule has 8 heteroatoms. The number of nitrogens with zero attached hydrogens (tertiary/aromatic N) is 2. The molecule has 2 atom stereocenters. The van der Waals surface area contributed by atoms with Gasteiger partial charge in [0, 0.05) is 42.0 Å². The Morgan fingerprint density at radius 1 is 1.09 bits per heavy atom. The molecule has 1 aromatic heterocycles. The minimum atomic E-state index is -1.18. The summed E-state index contributed by atoms with van der Waals surface area (Å²) in [5.41, 5.74) is 6.13. The predicted octanol–water partition coefficient (Wildman–Crippen LogP) is 8.15. The van der Waals surface area contributed by atoms with Crippen molar-refractivity contribution in [3.63, 3.8) is 0 Å². The van der Waals surface area contributed by atoms with Gasteiger partial charge in [0.1, 0.15) is 11.9 Å². The number of anilines is 1. The second-order valence-electron chi connectivity index (χ2n) is 14.1. The van der Waals surface area contributed by atoms with Gasteiger partial charge in [-0.25, -0.2) is 13.6 Å². The Bertz CT molecular complexity index is 1550.